The lowest BCUT2D eigenvalue weighted by Crippen LogP contribution is -2.44. The number of nitrogens with one attached hydrogen (secondary N) is 1. The van der Waals surface area contributed by atoms with Gasteiger partial charge >= 0.3 is 5.97 Å². The number of anilines is 1. The number of amides is 1. The van der Waals surface area contributed by atoms with Crippen LogP contribution >= 0.6 is 0 Å². The summed E-state index contributed by atoms with van der Waals surface area (Å²) in [5.41, 5.74) is 3.18. The first-order chi connectivity index (χ1) is 18.0. The van der Waals surface area contributed by atoms with Gasteiger partial charge in [-0.3, -0.25) is 19.5 Å². The number of ether oxygens (including phenoxy) is 2. The van der Waals surface area contributed by atoms with Crippen LogP contribution in [-0.4, -0.2) is 52.7 Å². The van der Waals surface area contributed by atoms with Crippen molar-refractivity contribution in [3.05, 3.63) is 71.5 Å². The zero-order valence-electron chi connectivity index (χ0n) is 20.1. The maximum absolute atomic E-state index is 13.0. The van der Waals surface area contributed by atoms with Crippen LogP contribution in [0.1, 0.15) is 40.9 Å². The van der Waals surface area contributed by atoms with Gasteiger partial charge in [0.2, 0.25) is 0 Å². The minimum Gasteiger partial charge on any atom is -0.486 e. The van der Waals surface area contributed by atoms with Crippen LogP contribution in [-0.2, 0) is 11.3 Å². The number of rotatable bonds is 6. The van der Waals surface area contributed by atoms with E-state index in [9.17, 15) is 20.0 Å². The normalized spacial score (nSPS) is 17.0. The molecule has 3 heterocycles. The fraction of sp³-hybridized carbons (Fsp3) is 0.286. The van der Waals surface area contributed by atoms with Crippen molar-refractivity contribution in [2.75, 3.05) is 25.1 Å². The molecule has 0 unspecified atom stereocenters. The number of piperidine rings is 1. The number of nitrogens with zero attached hydrogens (tertiary/aromatic N) is 3. The van der Waals surface area contributed by atoms with Crippen LogP contribution in [0.3, 0.4) is 0 Å². The molecule has 9 heteroatoms. The van der Waals surface area contributed by atoms with Gasteiger partial charge in [-0.05, 0) is 54.8 Å². The number of carbonyl (C=O) groups is 2. The highest BCUT2D eigenvalue weighted by molar-refractivity contribution is 6.04. The van der Waals surface area contributed by atoms with Crippen molar-refractivity contribution in [2.45, 2.75) is 31.8 Å². The Hall–Kier alpha value is -4.42. The number of fused-ring (bicyclic) bond motifs is 1. The fourth-order valence-corrected chi connectivity index (χ4v) is 4.76. The van der Waals surface area contributed by atoms with Crippen molar-refractivity contribution >= 4 is 17.6 Å². The van der Waals surface area contributed by atoms with Crippen LogP contribution in [0.4, 0.5) is 5.69 Å². The standard InChI is InChI=1S/C28H26N4O5/c29-15-21-20(19-8-10-25-26(14-19)37-13-12-36-25)4-3-5-22(21)31-27(33)23-9-7-18(16-30-23)17-32-11-2-1-6-24(32)28(34)35/h3-5,7-10,14,16,24H,1-2,6,11-13,17H2,(H,31,33)(H,34,35)/t24-/m0/s1. The van der Waals surface area contributed by atoms with Crippen molar-refractivity contribution in [3.8, 4) is 28.7 Å². The third-order valence-corrected chi connectivity index (χ3v) is 6.62. The van der Waals surface area contributed by atoms with E-state index < -0.39 is 17.9 Å². The van der Waals surface area contributed by atoms with E-state index in [1.807, 2.05) is 29.2 Å². The molecule has 1 aromatic heterocycles. The minimum absolute atomic E-state index is 0.200. The Kier molecular flexibility index (Phi) is 7.01. The van der Waals surface area contributed by atoms with Gasteiger partial charge in [0.05, 0.1) is 11.3 Å². The summed E-state index contributed by atoms with van der Waals surface area (Å²) in [4.78, 5) is 30.7. The van der Waals surface area contributed by atoms with Crippen LogP contribution < -0.4 is 14.8 Å². The topological polar surface area (TPSA) is 125 Å². The number of pyridine rings is 1. The summed E-state index contributed by atoms with van der Waals surface area (Å²) >= 11 is 0. The number of nitriles is 1. The van der Waals surface area contributed by atoms with Gasteiger partial charge in [0.15, 0.2) is 11.5 Å². The summed E-state index contributed by atoms with van der Waals surface area (Å²) in [7, 11) is 0. The van der Waals surface area contributed by atoms with Crippen LogP contribution in [0.2, 0.25) is 0 Å². The van der Waals surface area contributed by atoms with Gasteiger partial charge in [-0.15, -0.1) is 0 Å². The number of aliphatic carboxylic acids is 1. The molecule has 1 fully saturated rings. The molecule has 1 saturated heterocycles. The number of hydrogen-bond acceptors (Lipinski definition) is 7. The van der Waals surface area contributed by atoms with Crippen molar-refractivity contribution in [3.63, 3.8) is 0 Å². The minimum atomic E-state index is -0.810. The van der Waals surface area contributed by atoms with E-state index in [-0.39, 0.29) is 5.69 Å². The predicted octanol–water partition coefficient (Wildman–Crippen LogP) is 4.08. The summed E-state index contributed by atoms with van der Waals surface area (Å²) in [5, 5.41) is 22.2. The van der Waals surface area contributed by atoms with Crippen LogP contribution in [0.25, 0.3) is 11.1 Å². The van der Waals surface area contributed by atoms with Crippen molar-refractivity contribution < 1.29 is 24.2 Å². The van der Waals surface area contributed by atoms with Crippen molar-refractivity contribution in [1.82, 2.24) is 9.88 Å². The molecule has 2 aliphatic rings. The molecule has 5 rings (SSSR count). The smallest absolute Gasteiger partial charge is 0.320 e. The number of carboxylic acid groups (broad SMARTS) is 1. The zero-order chi connectivity index (χ0) is 25.8. The highest BCUT2D eigenvalue weighted by Crippen LogP contribution is 2.37. The average Bonchev–Trinajstić information content (AvgIpc) is 2.93. The molecule has 0 saturated carbocycles. The van der Waals surface area contributed by atoms with Gasteiger partial charge in [0.25, 0.3) is 5.91 Å². The summed E-state index contributed by atoms with van der Waals surface area (Å²) in [6.45, 7) is 2.13. The third-order valence-electron chi connectivity index (χ3n) is 6.62. The zero-order valence-corrected chi connectivity index (χ0v) is 20.1. The molecule has 9 nitrogen and oxygen atoms in total. The number of likely N-dealkylation sites (tertiary alicyclic amines) is 1. The second-order valence-corrected chi connectivity index (χ2v) is 9.02. The van der Waals surface area contributed by atoms with Gasteiger partial charge in [0, 0.05) is 18.3 Å². The highest BCUT2D eigenvalue weighted by atomic mass is 16.6. The average molecular weight is 499 g/mol. The predicted molar refractivity (Wildman–Crippen MR) is 135 cm³/mol. The molecule has 2 aliphatic heterocycles. The summed E-state index contributed by atoms with van der Waals surface area (Å²) in [6, 6.07) is 15.9. The molecule has 0 bridgehead atoms. The Bertz CT molecular complexity index is 1370. The fourth-order valence-electron chi connectivity index (χ4n) is 4.76. The van der Waals surface area contributed by atoms with Crippen molar-refractivity contribution in [2.24, 2.45) is 0 Å². The second kappa shape index (κ2) is 10.7. The summed E-state index contributed by atoms with van der Waals surface area (Å²) < 4.78 is 11.2. The van der Waals surface area contributed by atoms with E-state index in [1.54, 1.807) is 30.5 Å². The summed E-state index contributed by atoms with van der Waals surface area (Å²) in [5.74, 6) is 0.0241. The highest BCUT2D eigenvalue weighted by Gasteiger charge is 2.28. The first-order valence-electron chi connectivity index (χ1n) is 12.2. The molecule has 1 amide bonds. The van der Waals surface area contributed by atoms with Crippen LogP contribution in [0, 0.1) is 11.3 Å². The molecule has 2 N–H and O–H groups in total. The Morgan fingerprint density at radius 3 is 2.70 bits per heavy atom. The van der Waals surface area contributed by atoms with E-state index in [0.717, 1.165) is 30.5 Å². The Labute approximate surface area is 214 Å². The monoisotopic (exact) mass is 498 g/mol. The lowest BCUT2D eigenvalue weighted by molar-refractivity contribution is -0.144. The van der Waals surface area contributed by atoms with E-state index in [0.29, 0.717) is 54.5 Å². The van der Waals surface area contributed by atoms with Gasteiger partial charge < -0.3 is 19.9 Å². The molecular formula is C28H26N4O5. The maximum atomic E-state index is 13.0. The second-order valence-electron chi connectivity index (χ2n) is 9.02. The Morgan fingerprint density at radius 2 is 1.95 bits per heavy atom. The number of aromatic nitrogens is 1. The molecule has 3 aromatic rings. The van der Waals surface area contributed by atoms with E-state index in [1.165, 1.54) is 0 Å². The third kappa shape index (κ3) is 5.25. The first-order valence-corrected chi connectivity index (χ1v) is 12.2. The number of carboxylic acids is 1. The van der Waals surface area contributed by atoms with Crippen molar-refractivity contribution in [1.29, 1.82) is 5.26 Å². The summed E-state index contributed by atoms with van der Waals surface area (Å²) in [6.07, 6.45) is 4.10. The molecule has 0 radical (unpaired) electrons. The molecule has 2 aromatic carbocycles. The molecule has 188 valence electrons. The first kappa shape index (κ1) is 24.3. The van der Waals surface area contributed by atoms with Gasteiger partial charge in [0.1, 0.15) is 31.0 Å². The largest absolute Gasteiger partial charge is 0.486 e. The SMILES string of the molecule is N#Cc1c(NC(=O)c2ccc(CN3CCCC[C@H]3C(=O)O)cn2)cccc1-c1ccc2c(c1)OCCO2. The van der Waals surface area contributed by atoms with E-state index >= 15 is 0 Å². The molecule has 37 heavy (non-hydrogen) atoms. The Morgan fingerprint density at radius 1 is 1.11 bits per heavy atom. The van der Waals surface area contributed by atoms with Gasteiger partial charge in [-0.2, -0.15) is 5.26 Å². The molecular weight excluding hydrogens is 472 g/mol. The Balaban J connectivity index is 1.32. The van der Waals surface area contributed by atoms with Crippen LogP contribution in [0.5, 0.6) is 11.5 Å². The van der Waals surface area contributed by atoms with E-state index in [2.05, 4.69) is 16.4 Å². The number of benzene rings is 2. The lowest BCUT2D eigenvalue weighted by atomic mass is 9.98. The quantitative estimate of drug-likeness (QED) is 0.521. The lowest BCUT2D eigenvalue weighted by Gasteiger charge is -2.32. The maximum Gasteiger partial charge on any atom is 0.320 e. The molecule has 0 aliphatic carbocycles. The number of carbonyl (C=O) groups excluding carboxylic acids is 1. The number of hydrogen-bond donors (Lipinski definition) is 2. The molecule has 0 spiro atoms. The molecule has 1 atom stereocenters. The van der Waals surface area contributed by atoms with Gasteiger partial charge in [-0.1, -0.05) is 30.7 Å². The van der Waals surface area contributed by atoms with Crippen LogP contribution in [0.15, 0.2) is 54.7 Å². The van der Waals surface area contributed by atoms with E-state index in [4.69, 9.17) is 9.47 Å². The van der Waals surface area contributed by atoms with Gasteiger partial charge in [-0.25, -0.2) is 0 Å².